The van der Waals surface area contributed by atoms with E-state index < -0.39 is 32.7 Å². The van der Waals surface area contributed by atoms with Gasteiger partial charge in [-0.2, -0.15) is 0 Å². The number of halogens is 2. The summed E-state index contributed by atoms with van der Waals surface area (Å²) in [5, 5.41) is 9.23. The summed E-state index contributed by atoms with van der Waals surface area (Å²) in [6, 6.07) is 1.51. The molecule has 1 aromatic carbocycles. The second-order valence-electron chi connectivity index (χ2n) is 3.73. The monoisotopic (exact) mass is 280 g/mol. The van der Waals surface area contributed by atoms with Crippen LogP contribution in [0.4, 0.5) is 14.5 Å². The minimum Gasteiger partial charge on any atom is -0.399 e. The molecule has 8 heteroatoms. The molecule has 0 radical (unpaired) electrons. The first-order chi connectivity index (χ1) is 8.27. The van der Waals surface area contributed by atoms with E-state index in [1.807, 2.05) is 4.72 Å². The molecule has 0 aromatic heterocycles. The van der Waals surface area contributed by atoms with Gasteiger partial charge in [0.15, 0.2) is 11.6 Å². The zero-order chi connectivity index (χ0) is 13.9. The van der Waals surface area contributed by atoms with Gasteiger partial charge in [-0.05, 0) is 18.6 Å². The largest absolute Gasteiger partial charge is 0.399 e. The molecule has 5 nitrogen and oxygen atoms in total. The van der Waals surface area contributed by atoms with Gasteiger partial charge in [0.2, 0.25) is 10.0 Å². The number of aliphatic hydroxyl groups is 1. The number of benzene rings is 1. The quantitative estimate of drug-likeness (QED) is 0.688. The van der Waals surface area contributed by atoms with E-state index in [9.17, 15) is 22.3 Å². The van der Waals surface area contributed by atoms with Gasteiger partial charge in [-0.1, -0.05) is 6.92 Å². The lowest BCUT2D eigenvalue weighted by molar-refractivity contribution is 0.174. The Morgan fingerprint density at radius 1 is 1.44 bits per heavy atom. The van der Waals surface area contributed by atoms with Crippen LogP contribution < -0.4 is 10.5 Å². The van der Waals surface area contributed by atoms with Gasteiger partial charge < -0.3 is 10.8 Å². The molecule has 0 aliphatic heterocycles. The van der Waals surface area contributed by atoms with Gasteiger partial charge in [0.05, 0.1) is 6.10 Å². The Morgan fingerprint density at radius 2 is 2.06 bits per heavy atom. The van der Waals surface area contributed by atoms with Crippen molar-refractivity contribution in [1.29, 1.82) is 0 Å². The fraction of sp³-hybridized carbons (Fsp3) is 0.400. The molecular formula is C10H14F2N2O3S. The highest BCUT2D eigenvalue weighted by atomic mass is 32.2. The van der Waals surface area contributed by atoms with Gasteiger partial charge in [-0.25, -0.2) is 21.9 Å². The van der Waals surface area contributed by atoms with E-state index in [2.05, 4.69) is 0 Å². The second-order valence-corrected chi connectivity index (χ2v) is 5.46. The van der Waals surface area contributed by atoms with E-state index in [1.165, 1.54) is 0 Å². The van der Waals surface area contributed by atoms with Crippen LogP contribution in [0.5, 0.6) is 0 Å². The van der Waals surface area contributed by atoms with Crippen molar-refractivity contribution >= 4 is 15.7 Å². The highest BCUT2D eigenvalue weighted by Gasteiger charge is 2.23. The molecular weight excluding hydrogens is 266 g/mol. The molecule has 0 spiro atoms. The molecule has 0 aliphatic carbocycles. The zero-order valence-electron chi connectivity index (χ0n) is 9.65. The van der Waals surface area contributed by atoms with E-state index in [4.69, 9.17) is 5.73 Å². The Morgan fingerprint density at radius 3 is 2.61 bits per heavy atom. The fourth-order valence-corrected chi connectivity index (χ4v) is 2.40. The van der Waals surface area contributed by atoms with Gasteiger partial charge in [-0.15, -0.1) is 0 Å². The van der Waals surface area contributed by atoms with Gasteiger partial charge in [-0.3, -0.25) is 0 Å². The normalized spacial score (nSPS) is 13.6. The maximum absolute atomic E-state index is 13.4. The molecule has 0 saturated carbocycles. The summed E-state index contributed by atoms with van der Waals surface area (Å²) in [6.07, 6.45) is -0.565. The van der Waals surface area contributed by atoms with Crippen LogP contribution in [0.3, 0.4) is 0 Å². The number of aliphatic hydroxyl groups excluding tert-OH is 1. The number of sulfonamides is 1. The molecule has 0 heterocycles. The predicted molar refractivity (Wildman–Crippen MR) is 62.3 cm³/mol. The Kier molecular flexibility index (Phi) is 4.60. The van der Waals surface area contributed by atoms with E-state index in [0.29, 0.717) is 12.5 Å². The van der Waals surface area contributed by atoms with Crippen molar-refractivity contribution in [1.82, 2.24) is 4.72 Å². The highest BCUT2D eigenvalue weighted by molar-refractivity contribution is 7.89. The Hall–Kier alpha value is -1.25. The van der Waals surface area contributed by atoms with Crippen LogP contribution in [0.25, 0.3) is 0 Å². The van der Waals surface area contributed by atoms with E-state index in [1.54, 1.807) is 6.92 Å². The third kappa shape index (κ3) is 3.37. The predicted octanol–water partition coefficient (Wildman–Crippen LogP) is 0.596. The van der Waals surface area contributed by atoms with Crippen LogP contribution in [0, 0.1) is 11.6 Å². The van der Waals surface area contributed by atoms with Crippen molar-refractivity contribution in [2.45, 2.75) is 24.3 Å². The molecule has 0 aliphatic rings. The zero-order valence-corrected chi connectivity index (χ0v) is 10.5. The summed E-state index contributed by atoms with van der Waals surface area (Å²) in [5.41, 5.74) is 5.06. The van der Waals surface area contributed by atoms with Crippen molar-refractivity contribution < 1.29 is 22.3 Å². The first-order valence-corrected chi connectivity index (χ1v) is 6.68. The number of hydrogen-bond donors (Lipinski definition) is 3. The molecule has 1 rings (SSSR count). The number of anilines is 1. The number of nitrogen functional groups attached to an aromatic ring is 1. The van der Waals surface area contributed by atoms with Crippen LogP contribution in [-0.4, -0.2) is 26.2 Å². The van der Waals surface area contributed by atoms with Gasteiger partial charge in [0, 0.05) is 12.2 Å². The third-order valence-electron chi connectivity index (χ3n) is 2.29. The molecule has 102 valence electrons. The van der Waals surface area contributed by atoms with Gasteiger partial charge >= 0.3 is 0 Å². The van der Waals surface area contributed by atoms with Crippen molar-refractivity contribution in [3.63, 3.8) is 0 Å². The van der Waals surface area contributed by atoms with Gasteiger partial charge in [0.25, 0.3) is 0 Å². The van der Waals surface area contributed by atoms with Crippen molar-refractivity contribution in [2.24, 2.45) is 0 Å². The first-order valence-electron chi connectivity index (χ1n) is 5.20. The summed E-state index contributed by atoms with van der Waals surface area (Å²) >= 11 is 0. The standard InChI is InChI=1S/C10H14F2N2O3S/c1-2-7(15)5-14-18(16,17)9-4-6(13)3-8(11)10(9)12/h3-4,7,14-15H,2,5,13H2,1H3. The smallest absolute Gasteiger partial charge is 0.243 e. The lowest BCUT2D eigenvalue weighted by atomic mass is 10.3. The molecule has 1 aromatic rings. The van der Waals surface area contributed by atoms with Crippen molar-refractivity contribution in [3.8, 4) is 0 Å². The average molecular weight is 280 g/mol. The van der Waals surface area contributed by atoms with Crippen LogP contribution in [0.1, 0.15) is 13.3 Å². The number of nitrogens with two attached hydrogens (primary N) is 1. The topological polar surface area (TPSA) is 92.4 Å². The first kappa shape index (κ1) is 14.8. The summed E-state index contributed by atoms with van der Waals surface area (Å²) in [6.45, 7) is 1.37. The van der Waals surface area contributed by atoms with Crippen LogP contribution in [0.15, 0.2) is 17.0 Å². The Bertz CT molecular complexity index is 534. The molecule has 0 bridgehead atoms. The third-order valence-corrected chi connectivity index (χ3v) is 3.71. The van der Waals surface area contributed by atoms with E-state index in [-0.39, 0.29) is 12.2 Å². The van der Waals surface area contributed by atoms with Crippen LogP contribution >= 0.6 is 0 Å². The van der Waals surface area contributed by atoms with Crippen molar-refractivity contribution in [2.75, 3.05) is 12.3 Å². The summed E-state index contributed by atoms with van der Waals surface area (Å²) in [5.74, 6) is -2.84. The van der Waals surface area contributed by atoms with Crippen LogP contribution in [-0.2, 0) is 10.0 Å². The minimum absolute atomic E-state index is 0.203. The summed E-state index contributed by atoms with van der Waals surface area (Å²) in [7, 11) is -4.25. The lowest BCUT2D eigenvalue weighted by Gasteiger charge is -2.11. The van der Waals surface area contributed by atoms with Gasteiger partial charge in [0.1, 0.15) is 4.90 Å². The minimum atomic E-state index is -4.25. The van der Waals surface area contributed by atoms with Crippen LogP contribution in [0.2, 0.25) is 0 Å². The molecule has 4 N–H and O–H groups in total. The molecule has 0 saturated heterocycles. The van der Waals surface area contributed by atoms with Crippen molar-refractivity contribution in [3.05, 3.63) is 23.8 Å². The maximum Gasteiger partial charge on any atom is 0.243 e. The Balaban J connectivity index is 3.05. The summed E-state index contributed by atoms with van der Waals surface area (Å²) < 4.78 is 51.8. The summed E-state index contributed by atoms with van der Waals surface area (Å²) in [4.78, 5) is -0.872. The Labute approximate surface area is 104 Å². The number of hydrogen-bond acceptors (Lipinski definition) is 4. The highest BCUT2D eigenvalue weighted by Crippen LogP contribution is 2.20. The molecule has 0 amide bonds. The van der Waals surface area contributed by atoms with E-state index >= 15 is 0 Å². The SMILES string of the molecule is CCC(O)CNS(=O)(=O)c1cc(N)cc(F)c1F. The molecule has 1 atom stereocenters. The second kappa shape index (κ2) is 5.59. The lowest BCUT2D eigenvalue weighted by Crippen LogP contribution is -2.32. The fourth-order valence-electron chi connectivity index (χ4n) is 1.21. The maximum atomic E-state index is 13.4. The molecule has 0 fully saturated rings. The molecule has 1 unspecified atom stereocenters. The van der Waals surface area contributed by atoms with E-state index in [0.717, 1.165) is 6.07 Å². The average Bonchev–Trinajstić information content (AvgIpc) is 2.30. The molecule has 18 heavy (non-hydrogen) atoms. The number of nitrogens with one attached hydrogen (secondary N) is 1. The number of rotatable bonds is 5.